The molecule has 0 radical (unpaired) electrons. The third kappa shape index (κ3) is 2.11. The molecule has 1 fully saturated rings. The molecule has 0 amide bonds. The van der Waals surface area contributed by atoms with Crippen LogP contribution in [0.3, 0.4) is 0 Å². The van der Waals surface area contributed by atoms with Gasteiger partial charge in [-0.05, 0) is 24.3 Å². The van der Waals surface area contributed by atoms with E-state index in [9.17, 15) is 0 Å². The molecule has 2 nitrogen and oxygen atoms in total. The summed E-state index contributed by atoms with van der Waals surface area (Å²) in [4.78, 5) is 4.82. The SMILES string of the molecule is c1ccc(N2CCN(c3ccccc3)C2)cc1. The van der Waals surface area contributed by atoms with Crippen LogP contribution in [0.25, 0.3) is 0 Å². The van der Waals surface area contributed by atoms with Crippen molar-refractivity contribution in [2.75, 3.05) is 29.6 Å². The Morgan fingerprint density at radius 2 is 1.00 bits per heavy atom. The van der Waals surface area contributed by atoms with Crippen molar-refractivity contribution in [1.29, 1.82) is 0 Å². The smallest absolute Gasteiger partial charge is 0.0904 e. The standard InChI is InChI=1S/C15H16N2/c1-3-7-14(8-4-1)16-11-12-17(13-16)15-9-5-2-6-10-15/h1-10H,11-13H2. The summed E-state index contributed by atoms with van der Waals surface area (Å²) in [5.74, 6) is 0. The van der Waals surface area contributed by atoms with Crippen molar-refractivity contribution in [1.82, 2.24) is 0 Å². The second-order valence-electron chi connectivity index (χ2n) is 4.34. The molecular weight excluding hydrogens is 208 g/mol. The van der Waals surface area contributed by atoms with Gasteiger partial charge < -0.3 is 9.80 Å². The van der Waals surface area contributed by atoms with Crippen LogP contribution in [0.4, 0.5) is 11.4 Å². The summed E-state index contributed by atoms with van der Waals surface area (Å²) in [5.41, 5.74) is 2.62. The van der Waals surface area contributed by atoms with Gasteiger partial charge in [0.1, 0.15) is 0 Å². The van der Waals surface area contributed by atoms with E-state index in [1.54, 1.807) is 0 Å². The molecule has 1 heterocycles. The molecule has 1 aliphatic heterocycles. The quantitative estimate of drug-likeness (QED) is 0.773. The fourth-order valence-electron chi connectivity index (χ4n) is 2.29. The lowest BCUT2D eigenvalue weighted by molar-refractivity contribution is 0.949. The van der Waals surface area contributed by atoms with Crippen LogP contribution in [0.2, 0.25) is 0 Å². The number of anilines is 2. The topological polar surface area (TPSA) is 6.48 Å². The van der Waals surface area contributed by atoms with Crippen molar-refractivity contribution in [3.63, 3.8) is 0 Å². The van der Waals surface area contributed by atoms with Crippen molar-refractivity contribution < 1.29 is 0 Å². The first-order valence-corrected chi connectivity index (χ1v) is 6.03. The van der Waals surface area contributed by atoms with Crippen LogP contribution in [0.15, 0.2) is 60.7 Å². The zero-order valence-electron chi connectivity index (χ0n) is 9.79. The number of nitrogens with zero attached hydrogens (tertiary/aromatic N) is 2. The predicted octanol–water partition coefficient (Wildman–Crippen LogP) is 2.97. The molecule has 0 aliphatic carbocycles. The summed E-state index contributed by atoms with van der Waals surface area (Å²) in [7, 11) is 0. The second kappa shape index (κ2) is 4.50. The number of hydrogen-bond donors (Lipinski definition) is 0. The average molecular weight is 224 g/mol. The van der Waals surface area contributed by atoms with Crippen LogP contribution in [0, 0.1) is 0 Å². The normalized spacial score (nSPS) is 15.3. The van der Waals surface area contributed by atoms with Gasteiger partial charge in [0.05, 0.1) is 6.67 Å². The minimum absolute atomic E-state index is 0.980. The highest BCUT2D eigenvalue weighted by Gasteiger charge is 2.19. The van der Waals surface area contributed by atoms with E-state index < -0.39 is 0 Å². The van der Waals surface area contributed by atoms with Gasteiger partial charge in [-0.15, -0.1) is 0 Å². The zero-order chi connectivity index (χ0) is 11.5. The van der Waals surface area contributed by atoms with Crippen LogP contribution in [-0.2, 0) is 0 Å². The van der Waals surface area contributed by atoms with Gasteiger partial charge in [0.25, 0.3) is 0 Å². The Morgan fingerprint density at radius 3 is 1.41 bits per heavy atom. The van der Waals surface area contributed by atoms with Gasteiger partial charge in [-0.1, -0.05) is 36.4 Å². The van der Waals surface area contributed by atoms with E-state index in [0.29, 0.717) is 0 Å². The molecule has 1 saturated heterocycles. The lowest BCUT2D eigenvalue weighted by atomic mass is 10.3. The molecule has 2 aromatic rings. The van der Waals surface area contributed by atoms with Crippen molar-refractivity contribution in [3.05, 3.63) is 60.7 Å². The zero-order valence-corrected chi connectivity index (χ0v) is 9.79. The van der Waals surface area contributed by atoms with E-state index in [1.165, 1.54) is 11.4 Å². The highest BCUT2D eigenvalue weighted by atomic mass is 15.4. The fraction of sp³-hybridized carbons (Fsp3) is 0.200. The number of hydrogen-bond acceptors (Lipinski definition) is 2. The molecule has 86 valence electrons. The van der Waals surface area contributed by atoms with Gasteiger partial charge in [-0.3, -0.25) is 0 Å². The van der Waals surface area contributed by atoms with Gasteiger partial charge >= 0.3 is 0 Å². The first-order chi connectivity index (χ1) is 8.43. The Balaban J connectivity index is 1.75. The molecule has 3 rings (SSSR count). The molecule has 0 spiro atoms. The molecule has 0 unspecified atom stereocenters. The van der Waals surface area contributed by atoms with E-state index in [4.69, 9.17) is 0 Å². The summed E-state index contributed by atoms with van der Waals surface area (Å²) < 4.78 is 0. The maximum atomic E-state index is 2.41. The summed E-state index contributed by atoms with van der Waals surface area (Å²) in [6.45, 7) is 3.17. The maximum Gasteiger partial charge on any atom is 0.0904 e. The molecule has 2 heteroatoms. The molecular formula is C15H16N2. The van der Waals surface area contributed by atoms with Crippen molar-refractivity contribution >= 4 is 11.4 Å². The molecule has 0 N–H and O–H groups in total. The van der Waals surface area contributed by atoms with Gasteiger partial charge in [-0.25, -0.2) is 0 Å². The van der Waals surface area contributed by atoms with Crippen molar-refractivity contribution in [2.45, 2.75) is 0 Å². The Kier molecular flexibility index (Phi) is 2.70. The molecule has 0 aromatic heterocycles. The van der Waals surface area contributed by atoms with E-state index in [0.717, 1.165) is 19.8 Å². The van der Waals surface area contributed by atoms with E-state index in [2.05, 4.69) is 70.5 Å². The van der Waals surface area contributed by atoms with Crippen LogP contribution in [0.1, 0.15) is 0 Å². The highest BCUT2D eigenvalue weighted by Crippen LogP contribution is 2.22. The summed E-state index contributed by atoms with van der Waals surface area (Å²) in [6.07, 6.45) is 0. The van der Waals surface area contributed by atoms with Gasteiger partial charge in [0.15, 0.2) is 0 Å². The Hall–Kier alpha value is -1.96. The number of rotatable bonds is 2. The van der Waals surface area contributed by atoms with E-state index in [1.807, 2.05) is 0 Å². The lowest BCUT2D eigenvalue weighted by Gasteiger charge is -2.21. The fourth-order valence-corrected chi connectivity index (χ4v) is 2.29. The van der Waals surface area contributed by atoms with Crippen LogP contribution in [-0.4, -0.2) is 19.8 Å². The molecule has 0 saturated carbocycles. The van der Waals surface area contributed by atoms with E-state index >= 15 is 0 Å². The summed E-state index contributed by atoms with van der Waals surface area (Å²) >= 11 is 0. The molecule has 17 heavy (non-hydrogen) atoms. The van der Waals surface area contributed by atoms with E-state index in [-0.39, 0.29) is 0 Å². The molecule has 0 bridgehead atoms. The van der Waals surface area contributed by atoms with Crippen molar-refractivity contribution in [3.8, 4) is 0 Å². The Labute approximate surface area is 102 Å². The highest BCUT2D eigenvalue weighted by molar-refractivity contribution is 5.54. The van der Waals surface area contributed by atoms with Crippen LogP contribution in [0.5, 0.6) is 0 Å². The largest absolute Gasteiger partial charge is 0.352 e. The minimum atomic E-state index is 0.980. The van der Waals surface area contributed by atoms with Crippen LogP contribution >= 0.6 is 0 Å². The van der Waals surface area contributed by atoms with Crippen molar-refractivity contribution in [2.24, 2.45) is 0 Å². The number of benzene rings is 2. The first-order valence-electron chi connectivity index (χ1n) is 6.03. The Bertz CT molecular complexity index is 421. The lowest BCUT2D eigenvalue weighted by Crippen LogP contribution is -2.24. The first kappa shape index (κ1) is 10.2. The predicted molar refractivity (Wildman–Crippen MR) is 72.4 cm³/mol. The number of para-hydroxylation sites is 2. The molecule has 2 aromatic carbocycles. The Morgan fingerprint density at radius 1 is 0.588 bits per heavy atom. The van der Waals surface area contributed by atoms with Gasteiger partial charge in [0.2, 0.25) is 0 Å². The summed E-state index contributed by atoms with van der Waals surface area (Å²) in [5, 5.41) is 0. The average Bonchev–Trinajstić information content (AvgIpc) is 2.90. The maximum absolute atomic E-state index is 2.41. The summed E-state index contributed by atoms with van der Waals surface area (Å²) in [6, 6.07) is 21.2. The van der Waals surface area contributed by atoms with Gasteiger partial charge in [-0.2, -0.15) is 0 Å². The monoisotopic (exact) mass is 224 g/mol. The second-order valence-corrected chi connectivity index (χ2v) is 4.34. The minimum Gasteiger partial charge on any atom is -0.352 e. The molecule has 0 atom stereocenters. The third-order valence-corrected chi connectivity index (χ3v) is 3.22. The molecule has 1 aliphatic rings. The van der Waals surface area contributed by atoms with Gasteiger partial charge in [0, 0.05) is 24.5 Å². The third-order valence-electron chi connectivity index (χ3n) is 3.22. The van der Waals surface area contributed by atoms with Crippen LogP contribution < -0.4 is 9.80 Å².